The lowest BCUT2D eigenvalue weighted by Crippen LogP contribution is -2.43. The number of carbonyl (C=O) groups is 2. The van der Waals surface area contributed by atoms with Gasteiger partial charge in [0.2, 0.25) is 5.91 Å². The van der Waals surface area contributed by atoms with Gasteiger partial charge in [-0.25, -0.2) is 0 Å². The van der Waals surface area contributed by atoms with E-state index in [4.69, 9.17) is 5.73 Å². The summed E-state index contributed by atoms with van der Waals surface area (Å²) in [6, 6.07) is 9.26. The minimum absolute atomic E-state index is 0.0380. The first-order valence-corrected chi connectivity index (χ1v) is 9.52. The number of hydrogen-bond donors (Lipinski definition) is 2. The van der Waals surface area contributed by atoms with E-state index in [2.05, 4.69) is 5.32 Å². The fraction of sp³-hybridized carbons (Fsp3) is 0.600. The van der Waals surface area contributed by atoms with Crippen LogP contribution in [0.1, 0.15) is 55.3 Å². The van der Waals surface area contributed by atoms with Crippen LogP contribution in [0.15, 0.2) is 30.3 Å². The third-order valence-corrected chi connectivity index (χ3v) is 4.80. The van der Waals surface area contributed by atoms with Crippen molar-refractivity contribution in [3.8, 4) is 0 Å². The van der Waals surface area contributed by atoms with E-state index in [0.717, 1.165) is 58.2 Å². The number of hydrogen-bond acceptors (Lipinski definition) is 3. The van der Waals surface area contributed by atoms with Crippen LogP contribution < -0.4 is 11.1 Å². The van der Waals surface area contributed by atoms with Crippen molar-refractivity contribution in [1.29, 1.82) is 0 Å². The quantitative estimate of drug-likeness (QED) is 0.676. The van der Waals surface area contributed by atoms with Gasteiger partial charge in [-0.1, -0.05) is 31.0 Å². The molecule has 0 aliphatic carbocycles. The van der Waals surface area contributed by atoms with Gasteiger partial charge in [0.05, 0.1) is 0 Å². The molecule has 1 aliphatic heterocycles. The molecule has 2 amide bonds. The maximum absolute atomic E-state index is 12.3. The molecule has 1 aromatic carbocycles. The van der Waals surface area contributed by atoms with Gasteiger partial charge in [0, 0.05) is 31.6 Å². The minimum atomic E-state index is -0.0380. The molecule has 1 heterocycles. The Morgan fingerprint density at radius 1 is 1.12 bits per heavy atom. The molecular formula is C20H31N3O2. The normalized spacial score (nSPS) is 17.3. The predicted octanol–water partition coefficient (Wildman–Crippen LogP) is 2.56. The number of unbranched alkanes of at least 4 members (excludes halogenated alkanes) is 3. The highest BCUT2D eigenvalue weighted by Crippen LogP contribution is 2.17. The fourth-order valence-corrected chi connectivity index (χ4v) is 3.32. The van der Waals surface area contributed by atoms with E-state index >= 15 is 0 Å². The van der Waals surface area contributed by atoms with E-state index in [1.165, 1.54) is 0 Å². The van der Waals surface area contributed by atoms with Crippen molar-refractivity contribution in [1.82, 2.24) is 10.2 Å². The topological polar surface area (TPSA) is 75.4 Å². The van der Waals surface area contributed by atoms with Gasteiger partial charge in [0.25, 0.3) is 5.91 Å². The Hall–Kier alpha value is -1.88. The number of nitrogens with zero attached hydrogens (tertiary/aromatic N) is 1. The van der Waals surface area contributed by atoms with Gasteiger partial charge in [-0.2, -0.15) is 0 Å². The summed E-state index contributed by atoms with van der Waals surface area (Å²) >= 11 is 0. The highest BCUT2D eigenvalue weighted by atomic mass is 16.2. The number of nitrogens with one attached hydrogen (secondary N) is 1. The molecule has 2 rings (SSSR count). The molecular weight excluding hydrogens is 314 g/mol. The molecule has 1 unspecified atom stereocenters. The zero-order valence-electron chi connectivity index (χ0n) is 15.1. The number of piperidine rings is 1. The third kappa shape index (κ3) is 6.86. The number of likely N-dealkylation sites (tertiary alicyclic amines) is 1. The lowest BCUT2D eigenvalue weighted by Gasteiger charge is -2.33. The van der Waals surface area contributed by atoms with Gasteiger partial charge in [0.15, 0.2) is 0 Å². The first kappa shape index (κ1) is 19.4. The molecule has 1 fully saturated rings. The molecule has 3 N–H and O–H groups in total. The lowest BCUT2D eigenvalue weighted by molar-refractivity contribution is -0.133. The number of carbonyl (C=O) groups excluding carboxylic acids is 2. The van der Waals surface area contributed by atoms with Gasteiger partial charge < -0.3 is 16.0 Å². The molecule has 0 bridgehead atoms. The van der Waals surface area contributed by atoms with E-state index in [1.54, 1.807) is 0 Å². The zero-order chi connectivity index (χ0) is 17.9. The molecule has 138 valence electrons. The zero-order valence-corrected chi connectivity index (χ0v) is 15.1. The molecule has 1 aromatic rings. The lowest BCUT2D eigenvalue weighted by atomic mass is 9.97. The first-order valence-electron chi connectivity index (χ1n) is 9.52. The highest BCUT2D eigenvalue weighted by Gasteiger charge is 2.23. The maximum atomic E-state index is 12.3. The Morgan fingerprint density at radius 2 is 1.88 bits per heavy atom. The standard InChI is InChI=1S/C20H31N3O2/c21-13-7-2-1-6-12-19(24)23-14-8-9-17(16-23)15-22-20(25)18-10-4-3-5-11-18/h3-5,10-11,17H,1-2,6-9,12-16,21H2,(H,22,25). The van der Waals surface area contributed by atoms with Crippen molar-refractivity contribution in [2.45, 2.75) is 44.9 Å². The second-order valence-electron chi connectivity index (χ2n) is 6.88. The average molecular weight is 345 g/mol. The number of amides is 2. The summed E-state index contributed by atoms with van der Waals surface area (Å²) in [5, 5.41) is 3.01. The van der Waals surface area contributed by atoms with E-state index in [0.29, 0.717) is 24.4 Å². The van der Waals surface area contributed by atoms with E-state index < -0.39 is 0 Å². The van der Waals surface area contributed by atoms with Gasteiger partial charge in [-0.05, 0) is 50.3 Å². The summed E-state index contributed by atoms with van der Waals surface area (Å²) in [6.45, 7) is 2.98. The van der Waals surface area contributed by atoms with E-state index in [-0.39, 0.29) is 11.8 Å². The van der Waals surface area contributed by atoms with Crippen LogP contribution in [0.5, 0.6) is 0 Å². The third-order valence-electron chi connectivity index (χ3n) is 4.80. The summed E-state index contributed by atoms with van der Waals surface area (Å²) in [4.78, 5) is 26.5. The second kappa shape index (κ2) is 10.9. The predicted molar refractivity (Wildman–Crippen MR) is 100 cm³/mol. The Labute approximate surface area is 151 Å². The first-order chi connectivity index (χ1) is 12.2. The summed E-state index contributed by atoms with van der Waals surface area (Å²) < 4.78 is 0. The van der Waals surface area contributed by atoms with Crippen LogP contribution in [-0.2, 0) is 4.79 Å². The van der Waals surface area contributed by atoms with E-state index in [9.17, 15) is 9.59 Å². The van der Waals surface area contributed by atoms with Crippen molar-refractivity contribution in [3.05, 3.63) is 35.9 Å². The van der Waals surface area contributed by atoms with Crippen LogP contribution in [0.2, 0.25) is 0 Å². The van der Waals surface area contributed by atoms with Crippen molar-refractivity contribution in [2.75, 3.05) is 26.2 Å². The van der Waals surface area contributed by atoms with Gasteiger partial charge in [-0.15, -0.1) is 0 Å². The van der Waals surface area contributed by atoms with Crippen molar-refractivity contribution < 1.29 is 9.59 Å². The fourth-order valence-electron chi connectivity index (χ4n) is 3.32. The van der Waals surface area contributed by atoms with Gasteiger partial charge in [0.1, 0.15) is 0 Å². The summed E-state index contributed by atoms with van der Waals surface area (Å²) in [5.41, 5.74) is 6.17. The van der Waals surface area contributed by atoms with Crippen LogP contribution >= 0.6 is 0 Å². The minimum Gasteiger partial charge on any atom is -0.352 e. The van der Waals surface area contributed by atoms with Gasteiger partial charge >= 0.3 is 0 Å². The molecule has 1 saturated heterocycles. The number of rotatable bonds is 9. The Morgan fingerprint density at radius 3 is 2.64 bits per heavy atom. The van der Waals surface area contributed by atoms with Crippen molar-refractivity contribution in [3.63, 3.8) is 0 Å². The maximum Gasteiger partial charge on any atom is 0.251 e. The molecule has 0 radical (unpaired) electrons. The molecule has 0 saturated carbocycles. The molecule has 5 heteroatoms. The molecule has 0 spiro atoms. The van der Waals surface area contributed by atoms with Crippen LogP contribution in [-0.4, -0.2) is 42.9 Å². The van der Waals surface area contributed by atoms with Gasteiger partial charge in [-0.3, -0.25) is 9.59 Å². The Bertz CT molecular complexity index is 533. The van der Waals surface area contributed by atoms with Crippen molar-refractivity contribution in [2.24, 2.45) is 11.7 Å². The molecule has 25 heavy (non-hydrogen) atoms. The second-order valence-corrected chi connectivity index (χ2v) is 6.88. The molecule has 1 atom stereocenters. The SMILES string of the molecule is NCCCCCCC(=O)N1CCCC(CNC(=O)c2ccccc2)C1. The monoisotopic (exact) mass is 345 g/mol. The Kier molecular flexibility index (Phi) is 8.46. The smallest absolute Gasteiger partial charge is 0.251 e. The number of nitrogens with two attached hydrogens (primary N) is 1. The largest absolute Gasteiger partial charge is 0.352 e. The van der Waals surface area contributed by atoms with Crippen LogP contribution in [0, 0.1) is 5.92 Å². The van der Waals surface area contributed by atoms with E-state index in [1.807, 2.05) is 35.2 Å². The van der Waals surface area contributed by atoms with Crippen LogP contribution in [0.4, 0.5) is 0 Å². The van der Waals surface area contributed by atoms with Crippen molar-refractivity contribution >= 4 is 11.8 Å². The molecule has 1 aliphatic rings. The summed E-state index contributed by atoms with van der Waals surface area (Å²) in [6.07, 6.45) is 6.89. The molecule has 0 aromatic heterocycles. The average Bonchev–Trinajstić information content (AvgIpc) is 2.66. The number of benzene rings is 1. The Balaban J connectivity index is 1.69. The molecule has 5 nitrogen and oxygen atoms in total. The van der Waals surface area contributed by atoms with Crippen LogP contribution in [0.3, 0.4) is 0 Å². The summed E-state index contributed by atoms with van der Waals surface area (Å²) in [7, 11) is 0. The van der Waals surface area contributed by atoms with Crippen LogP contribution in [0.25, 0.3) is 0 Å². The summed E-state index contributed by atoms with van der Waals surface area (Å²) in [5.74, 6) is 0.568. The highest BCUT2D eigenvalue weighted by molar-refractivity contribution is 5.94.